The number of benzene rings is 4. The minimum Gasteiger partial charge on any atom is -0.508 e. The number of halogens is 2. The minimum absolute atomic E-state index is 0.0603. The van der Waals surface area contributed by atoms with Gasteiger partial charge in [-0.15, -0.1) is 0 Å². The summed E-state index contributed by atoms with van der Waals surface area (Å²) in [6, 6.07) is 22.3. The van der Waals surface area contributed by atoms with Gasteiger partial charge in [0, 0.05) is 12.8 Å². The Morgan fingerprint density at radius 2 is 0.860 bits per heavy atom. The molecule has 0 aliphatic rings. The molecule has 0 bridgehead atoms. The normalized spacial score (nSPS) is 13.2. The van der Waals surface area contributed by atoms with Crippen molar-refractivity contribution in [1.82, 2.24) is 0 Å². The number of carboxylic acids is 2. The van der Waals surface area contributed by atoms with Crippen molar-refractivity contribution in [2.75, 3.05) is 0 Å². The molecule has 0 saturated heterocycles. The highest BCUT2D eigenvalue weighted by Crippen LogP contribution is 2.19. The number of nitrogens with two attached hydrogens (primary N) is 2. The highest BCUT2D eigenvalue weighted by Gasteiger charge is 2.26. The van der Waals surface area contributed by atoms with E-state index in [4.69, 9.17) is 11.5 Å². The molecular weight excluding hydrogens is 650 g/mol. The number of aromatic hydroxyl groups is 2. The zero-order valence-corrected chi connectivity index (χ0v) is 27.1. The lowest BCUT2D eigenvalue weighted by Crippen LogP contribution is -2.35. The van der Waals surface area contributed by atoms with Gasteiger partial charge in [-0.25, -0.2) is 8.78 Å². The van der Waals surface area contributed by atoms with E-state index in [0.29, 0.717) is 11.1 Å². The van der Waals surface area contributed by atoms with E-state index in [1.54, 1.807) is 36.4 Å². The van der Waals surface area contributed by atoms with Crippen molar-refractivity contribution in [2.45, 2.75) is 50.6 Å². The van der Waals surface area contributed by atoms with E-state index < -0.39 is 47.5 Å². The number of hydrogen-bond acceptors (Lipinski definition) is 8. The molecule has 10 nitrogen and oxygen atoms in total. The average molecular weight is 691 g/mol. The molecule has 0 radical (unpaired) electrons. The van der Waals surface area contributed by atoms with Gasteiger partial charge in [-0.3, -0.25) is 19.2 Å². The third kappa shape index (κ3) is 13.2. The van der Waals surface area contributed by atoms with E-state index in [9.17, 15) is 48.4 Å². The largest absolute Gasteiger partial charge is 0.508 e. The van der Waals surface area contributed by atoms with E-state index in [0.717, 1.165) is 11.1 Å². The molecule has 4 atom stereocenters. The van der Waals surface area contributed by atoms with Crippen LogP contribution in [-0.4, -0.2) is 56.0 Å². The summed E-state index contributed by atoms with van der Waals surface area (Å²) < 4.78 is 26.5. The van der Waals surface area contributed by atoms with E-state index in [2.05, 4.69) is 0 Å². The van der Waals surface area contributed by atoms with Crippen LogP contribution in [0.1, 0.15) is 35.1 Å². The number of ketones is 2. The van der Waals surface area contributed by atoms with Crippen molar-refractivity contribution in [3.8, 4) is 11.5 Å². The van der Waals surface area contributed by atoms with Gasteiger partial charge in [-0.05, 0) is 96.5 Å². The number of phenols is 2. The number of carbonyl (C=O) groups is 4. The Morgan fingerprint density at radius 1 is 0.520 bits per heavy atom. The molecule has 0 heterocycles. The number of phenolic OH excluding ortho intramolecular Hbond substituents is 2. The van der Waals surface area contributed by atoms with Gasteiger partial charge in [0.05, 0.1) is 23.9 Å². The highest BCUT2D eigenvalue weighted by molar-refractivity contribution is 5.88. The van der Waals surface area contributed by atoms with Crippen LogP contribution in [0.2, 0.25) is 0 Å². The third-order valence-electron chi connectivity index (χ3n) is 7.95. The summed E-state index contributed by atoms with van der Waals surface area (Å²) in [6.45, 7) is 0. The Morgan fingerprint density at radius 3 is 1.16 bits per heavy atom. The monoisotopic (exact) mass is 690 g/mol. The molecular formula is C38H40F2N2O8. The van der Waals surface area contributed by atoms with Crippen molar-refractivity contribution in [1.29, 1.82) is 0 Å². The van der Waals surface area contributed by atoms with Crippen molar-refractivity contribution >= 4 is 23.5 Å². The molecule has 0 spiro atoms. The molecule has 8 N–H and O–H groups in total. The Hall–Kier alpha value is -5.46. The summed E-state index contributed by atoms with van der Waals surface area (Å²) in [6.07, 6.45) is 0.197. The first-order valence-electron chi connectivity index (χ1n) is 15.8. The zero-order chi connectivity index (χ0) is 36.8. The summed E-state index contributed by atoms with van der Waals surface area (Å²) >= 11 is 0. The van der Waals surface area contributed by atoms with Crippen LogP contribution in [-0.2, 0) is 44.9 Å². The smallest absolute Gasteiger partial charge is 0.307 e. The SMILES string of the molecule is N[C@@H](Cc1ccc(O)cc1)C(=O)C[C@@H](Cc1cccc(F)c1)C(=O)O.N[C@@H](Cc1ccc(O)cc1)C(=O)C[C@H](Cc1cccc(F)c1)C(=O)O. The number of carbonyl (C=O) groups excluding carboxylic acids is 2. The maximum atomic E-state index is 13.2. The van der Waals surface area contributed by atoms with Gasteiger partial charge in [0.15, 0.2) is 11.6 Å². The second-order valence-electron chi connectivity index (χ2n) is 12.0. The van der Waals surface area contributed by atoms with Gasteiger partial charge < -0.3 is 31.9 Å². The Labute approximate surface area is 288 Å². The van der Waals surface area contributed by atoms with Gasteiger partial charge in [0.25, 0.3) is 0 Å². The molecule has 0 aliphatic heterocycles. The lowest BCUT2D eigenvalue weighted by molar-refractivity contribution is -0.144. The molecule has 0 amide bonds. The fourth-order valence-electron chi connectivity index (χ4n) is 5.18. The predicted molar refractivity (Wildman–Crippen MR) is 181 cm³/mol. The molecule has 4 rings (SSSR count). The van der Waals surface area contributed by atoms with Gasteiger partial charge in [-0.1, -0.05) is 48.5 Å². The van der Waals surface area contributed by atoms with E-state index in [1.807, 2.05) is 0 Å². The first kappa shape index (κ1) is 39.0. The number of aliphatic carboxylic acids is 2. The summed E-state index contributed by atoms with van der Waals surface area (Å²) in [5.41, 5.74) is 14.4. The van der Waals surface area contributed by atoms with Gasteiger partial charge in [0.1, 0.15) is 23.1 Å². The third-order valence-corrected chi connectivity index (χ3v) is 7.95. The fourth-order valence-corrected chi connectivity index (χ4v) is 5.18. The quantitative estimate of drug-likeness (QED) is 0.0965. The van der Waals surface area contributed by atoms with Crippen molar-refractivity contribution in [2.24, 2.45) is 23.3 Å². The van der Waals surface area contributed by atoms with Gasteiger partial charge in [-0.2, -0.15) is 0 Å². The van der Waals surface area contributed by atoms with Crippen molar-refractivity contribution in [3.05, 3.63) is 131 Å². The van der Waals surface area contributed by atoms with Gasteiger partial charge >= 0.3 is 11.9 Å². The Kier molecular flexibility index (Phi) is 14.7. The van der Waals surface area contributed by atoms with E-state index in [-0.39, 0.29) is 61.6 Å². The second kappa shape index (κ2) is 18.9. The van der Waals surface area contributed by atoms with Crippen LogP contribution in [0.5, 0.6) is 11.5 Å². The Bertz CT molecular complexity index is 1620. The highest BCUT2D eigenvalue weighted by atomic mass is 19.1. The van der Waals surface area contributed by atoms with Crippen LogP contribution in [0.4, 0.5) is 8.78 Å². The van der Waals surface area contributed by atoms with E-state index in [1.165, 1.54) is 60.7 Å². The van der Waals surface area contributed by atoms with Gasteiger partial charge in [0.2, 0.25) is 0 Å². The molecule has 0 unspecified atom stereocenters. The summed E-state index contributed by atoms with van der Waals surface area (Å²) in [5, 5.41) is 37.2. The average Bonchev–Trinajstić information content (AvgIpc) is 3.06. The summed E-state index contributed by atoms with van der Waals surface area (Å²) in [7, 11) is 0. The van der Waals surface area contributed by atoms with E-state index >= 15 is 0 Å². The maximum absolute atomic E-state index is 13.2. The van der Waals surface area contributed by atoms with Crippen LogP contribution in [0.25, 0.3) is 0 Å². The molecule has 12 heteroatoms. The molecule has 4 aromatic carbocycles. The van der Waals surface area contributed by atoms with Crippen LogP contribution in [0.15, 0.2) is 97.1 Å². The number of hydrogen-bond donors (Lipinski definition) is 6. The molecule has 50 heavy (non-hydrogen) atoms. The minimum atomic E-state index is -1.12. The molecule has 0 fully saturated rings. The van der Waals surface area contributed by atoms with Crippen LogP contribution in [0.3, 0.4) is 0 Å². The summed E-state index contributed by atoms with van der Waals surface area (Å²) in [5.74, 6) is -5.54. The molecule has 264 valence electrons. The number of Topliss-reactive ketones (excluding diaryl/α,β-unsaturated/α-hetero) is 2. The van der Waals surface area contributed by atoms with Crippen molar-refractivity contribution < 1.29 is 48.4 Å². The Balaban J connectivity index is 0.000000270. The fraction of sp³-hybridized carbons (Fsp3) is 0.263. The van der Waals surface area contributed by atoms with Crippen LogP contribution < -0.4 is 11.5 Å². The first-order chi connectivity index (χ1) is 23.7. The molecule has 0 aromatic heterocycles. The standard InChI is InChI=1S/2C19H20FNO4/c2*20-15-3-1-2-13(9-15)8-14(19(24)25)11-18(23)17(21)10-12-4-6-16(22)7-5-12/h2*1-7,9,14,17,22H,8,10-11,21H2,(H,24,25)/t14-,17+;14-,17-/m10/s1. The lowest BCUT2D eigenvalue weighted by Gasteiger charge is -2.15. The number of rotatable bonds is 16. The van der Waals surface area contributed by atoms with Crippen molar-refractivity contribution in [3.63, 3.8) is 0 Å². The van der Waals surface area contributed by atoms with Crippen LogP contribution >= 0.6 is 0 Å². The maximum Gasteiger partial charge on any atom is 0.307 e. The number of carboxylic acid groups (broad SMARTS) is 2. The molecule has 0 saturated carbocycles. The molecule has 0 aliphatic carbocycles. The zero-order valence-electron chi connectivity index (χ0n) is 27.1. The lowest BCUT2D eigenvalue weighted by atomic mass is 9.91. The predicted octanol–water partition coefficient (Wildman–Crippen LogP) is 4.61. The topological polar surface area (TPSA) is 201 Å². The first-order valence-corrected chi connectivity index (χ1v) is 15.8. The molecule has 4 aromatic rings. The van der Waals surface area contributed by atoms with Crippen LogP contribution in [0, 0.1) is 23.5 Å². The summed E-state index contributed by atoms with van der Waals surface area (Å²) in [4.78, 5) is 47.4. The second-order valence-corrected chi connectivity index (χ2v) is 12.0.